The van der Waals surface area contributed by atoms with Gasteiger partial charge in [-0.2, -0.15) is 0 Å². The van der Waals surface area contributed by atoms with Crippen LogP contribution in [0.2, 0.25) is 10.0 Å². The molecule has 25 heavy (non-hydrogen) atoms. The number of aliphatic hydroxyl groups is 2. The van der Waals surface area contributed by atoms with Crippen LogP contribution in [-0.4, -0.2) is 70.9 Å². The quantitative estimate of drug-likeness (QED) is 0.714. The summed E-state index contributed by atoms with van der Waals surface area (Å²) in [6.07, 6.45) is 0.0686. The number of hydrogen-bond donors (Lipinski definition) is 3. The van der Waals surface area contributed by atoms with E-state index >= 15 is 0 Å². The van der Waals surface area contributed by atoms with Gasteiger partial charge in [0, 0.05) is 30.8 Å². The molecule has 0 spiro atoms. The number of carbonyl (C=O) groups excluding carboxylic acids is 1. The molecule has 2 atom stereocenters. The van der Waals surface area contributed by atoms with Crippen LogP contribution in [0.15, 0.2) is 12.1 Å². The summed E-state index contributed by atoms with van der Waals surface area (Å²) < 4.78 is 0. The van der Waals surface area contributed by atoms with Gasteiger partial charge in [-0.3, -0.25) is 4.79 Å². The molecule has 0 aromatic heterocycles. The van der Waals surface area contributed by atoms with Crippen LogP contribution in [0.25, 0.3) is 0 Å². The first-order valence-electron chi connectivity index (χ1n) is 8.18. The van der Waals surface area contributed by atoms with Gasteiger partial charge in [0.05, 0.1) is 16.7 Å². The van der Waals surface area contributed by atoms with Crippen molar-refractivity contribution in [3.05, 3.63) is 27.7 Å². The van der Waals surface area contributed by atoms with Crippen LogP contribution in [0.3, 0.4) is 0 Å². The summed E-state index contributed by atoms with van der Waals surface area (Å²) in [7, 11) is 3.86. The second-order valence-corrected chi connectivity index (χ2v) is 7.41. The van der Waals surface area contributed by atoms with Gasteiger partial charge >= 0.3 is 0 Å². The number of aromatic hydroxyl groups is 1. The van der Waals surface area contributed by atoms with Crippen molar-refractivity contribution >= 4 is 29.1 Å². The van der Waals surface area contributed by atoms with Crippen molar-refractivity contribution in [3.63, 3.8) is 0 Å². The number of hydrogen-bond acceptors (Lipinski definition) is 5. The molecule has 0 bridgehead atoms. The molecule has 1 aliphatic heterocycles. The zero-order chi connectivity index (χ0) is 18.7. The number of aliphatic hydroxyl groups excluding tert-OH is 2. The van der Waals surface area contributed by atoms with Crippen LogP contribution in [0.4, 0.5) is 0 Å². The highest BCUT2D eigenvalue weighted by Gasteiger charge is 2.33. The van der Waals surface area contributed by atoms with Gasteiger partial charge in [-0.05, 0) is 38.9 Å². The van der Waals surface area contributed by atoms with E-state index in [2.05, 4.69) is 0 Å². The fourth-order valence-electron chi connectivity index (χ4n) is 3.47. The third-order valence-electron chi connectivity index (χ3n) is 4.70. The number of piperidine rings is 1. The summed E-state index contributed by atoms with van der Waals surface area (Å²) in [5.41, 5.74) is 0.708. The molecule has 1 fully saturated rings. The molecule has 0 saturated carbocycles. The summed E-state index contributed by atoms with van der Waals surface area (Å²) in [4.78, 5) is 15.6. The van der Waals surface area contributed by atoms with Crippen molar-refractivity contribution in [3.8, 4) is 5.75 Å². The maximum atomic E-state index is 12.0. The molecule has 3 N–H and O–H groups in total. The van der Waals surface area contributed by atoms with Crippen LogP contribution in [0, 0.1) is 5.92 Å². The number of carbonyl (C=O) groups is 1. The number of benzene rings is 1. The highest BCUT2D eigenvalue weighted by Crippen LogP contribution is 2.41. The summed E-state index contributed by atoms with van der Waals surface area (Å²) in [5, 5.41) is 29.4. The average Bonchev–Trinajstić information content (AvgIpc) is 2.58. The summed E-state index contributed by atoms with van der Waals surface area (Å²) in [6, 6.07) is 3.07. The molecular formula is C17H24Cl2N2O4. The highest BCUT2D eigenvalue weighted by molar-refractivity contribution is 6.42. The number of halogens is 2. The van der Waals surface area contributed by atoms with Gasteiger partial charge < -0.3 is 25.1 Å². The predicted octanol–water partition coefficient (Wildman–Crippen LogP) is 1.89. The first kappa shape index (κ1) is 20.3. The van der Waals surface area contributed by atoms with Crippen LogP contribution in [0.1, 0.15) is 24.4 Å². The maximum absolute atomic E-state index is 12.0. The van der Waals surface area contributed by atoms with Gasteiger partial charge in [0.2, 0.25) is 0 Å². The van der Waals surface area contributed by atoms with E-state index in [0.29, 0.717) is 41.5 Å². The fourth-order valence-corrected chi connectivity index (χ4v) is 3.80. The topological polar surface area (TPSA) is 84.2 Å². The molecule has 140 valence electrons. The number of phenols is 1. The molecule has 2 unspecified atom stereocenters. The van der Waals surface area contributed by atoms with Gasteiger partial charge in [0.15, 0.2) is 6.10 Å². The molecular weight excluding hydrogens is 367 g/mol. The SMILES string of the molecule is CN(C)C(c1cc(Cl)c(Cl)cc1O)C1CCN(C(=O)C(O)CO)CC1. The Hall–Kier alpha value is -1.05. The minimum Gasteiger partial charge on any atom is -0.508 e. The van der Waals surface area contributed by atoms with Gasteiger partial charge in [0.1, 0.15) is 5.75 Å². The molecule has 1 aromatic carbocycles. The Morgan fingerprint density at radius 1 is 1.28 bits per heavy atom. The molecule has 2 rings (SSSR count). The van der Waals surface area contributed by atoms with Gasteiger partial charge in [-0.25, -0.2) is 0 Å². The van der Waals surface area contributed by atoms with Crippen LogP contribution in [-0.2, 0) is 4.79 Å². The third kappa shape index (κ3) is 4.57. The van der Waals surface area contributed by atoms with Crippen LogP contribution in [0.5, 0.6) is 5.75 Å². The molecule has 8 heteroatoms. The van der Waals surface area contributed by atoms with E-state index in [-0.39, 0.29) is 17.7 Å². The number of nitrogens with zero attached hydrogens (tertiary/aromatic N) is 2. The average molecular weight is 391 g/mol. The number of phenolic OH excluding ortho intramolecular Hbond substituents is 1. The lowest BCUT2D eigenvalue weighted by Gasteiger charge is -2.39. The standard InChI is InChI=1S/C17H24Cl2N2O4/c1-20(2)16(11-7-12(18)13(19)8-14(11)23)10-3-5-21(6-4-10)17(25)15(24)9-22/h7-8,10,15-16,22-24H,3-6,9H2,1-2H3. The molecule has 1 aliphatic rings. The van der Waals surface area contributed by atoms with E-state index < -0.39 is 18.6 Å². The molecule has 1 saturated heterocycles. The van der Waals surface area contributed by atoms with Crippen molar-refractivity contribution in [2.24, 2.45) is 5.92 Å². The number of likely N-dealkylation sites (tertiary alicyclic amines) is 1. The maximum Gasteiger partial charge on any atom is 0.253 e. The Morgan fingerprint density at radius 2 is 1.84 bits per heavy atom. The van der Waals surface area contributed by atoms with Crippen molar-refractivity contribution < 1.29 is 20.1 Å². The lowest BCUT2D eigenvalue weighted by atomic mass is 9.84. The minimum atomic E-state index is -1.36. The lowest BCUT2D eigenvalue weighted by Crippen LogP contribution is -2.46. The van der Waals surface area contributed by atoms with Crippen molar-refractivity contribution in [1.82, 2.24) is 9.80 Å². The summed E-state index contributed by atoms with van der Waals surface area (Å²) in [6.45, 7) is 0.413. The normalized spacial score (nSPS) is 18.4. The zero-order valence-electron chi connectivity index (χ0n) is 14.3. The van der Waals surface area contributed by atoms with Gasteiger partial charge in [-0.1, -0.05) is 23.2 Å². The molecule has 0 aliphatic carbocycles. The van der Waals surface area contributed by atoms with Crippen molar-refractivity contribution in [1.29, 1.82) is 0 Å². The molecule has 1 heterocycles. The summed E-state index contributed by atoms with van der Waals surface area (Å²) >= 11 is 12.1. The minimum absolute atomic E-state index is 0.0743. The van der Waals surface area contributed by atoms with Gasteiger partial charge in [-0.15, -0.1) is 0 Å². The van der Waals surface area contributed by atoms with E-state index in [1.54, 1.807) is 11.0 Å². The van der Waals surface area contributed by atoms with Crippen molar-refractivity contribution in [2.45, 2.75) is 25.0 Å². The predicted molar refractivity (Wildman–Crippen MR) is 97.0 cm³/mol. The number of rotatable bonds is 5. The second-order valence-electron chi connectivity index (χ2n) is 6.59. The Balaban J connectivity index is 2.16. The molecule has 1 aromatic rings. The van der Waals surface area contributed by atoms with E-state index in [1.807, 2.05) is 19.0 Å². The molecule has 0 radical (unpaired) electrons. The lowest BCUT2D eigenvalue weighted by molar-refractivity contribution is -0.143. The molecule has 6 nitrogen and oxygen atoms in total. The Morgan fingerprint density at radius 3 is 2.36 bits per heavy atom. The van der Waals surface area contributed by atoms with Crippen LogP contribution < -0.4 is 0 Å². The first-order valence-corrected chi connectivity index (χ1v) is 8.93. The first-order chi connectivity index (χ1) is 11.8. The molecule has 1 amide bonds. The van der Waals surface area contributed by atoms with E-state index in [9.17, 15) is 15.0 Å². The fraction of sp³-hybridized carbons (Fsp3) is 0.588. The third-order valence-corrected chi connectivity index (χ3v) is 5.42. The largest absolute Gasteiger partial charge is 0.508 e. The Kier molecular flexibility index (Phi) is 6.93. The Labute approximate surface area is 157 Å². The summed E-state index contributed by atoms with van der Waals surface area (Å²) in [5.74, 6) is -0.143. The van der Waals surface area contributed by atoms with E-state index in [1.165, 1.54) is 6.07 Å². The highest BCUT2D eigenvalue weighted by atomic mass is 35.5. The Bertz CT molecular complexity index is 619. The number of amides is 1. The second kappa shape index (κ2) is 8.56. The monoisotopic (exact) mass is 390 g/mol. The van der Waals surface area contributed by atoms with E-state index in [4.69, 9.17) is 28.3 Å². The van der Waals surface area contributed by atoms with Gasteiger partial charge in [0.25, 0.3) is 5.91 Å². The van der Waals surface area contributed by atoms with Crippen molar-refractivity contribution in [2.75, 3.05) is 33.8 Å². The zero-order valence-corrected chi connectivity index (χ0v) is 15.8. The van der Waals surface area contributed by atoms with Crippen LogP contribution >= 0.6 is 23.2 Å². The van der Waals surface area contributed by atoms with E-state index in [0.717, 1.165) is 0 Å². The smallest absolute Gasteiger partial charge is 0.253 e.